The fourth-order valence-corrected chi connectivity index (χ4v) is 4.87. The van der Waals surface area contributed by atoms with Gasteiger partial charge < -0.3 is 19.9 Å². The van der Waals surface area contributed by atoms with E-state index in [9.17, 15) is 19.7 Å². The number of aromatic nitrogens is 3. The summed E-state index contributed by atoms with van der Waals surface area (Å²) in [4.78, 5) is 36.4. The van der Waals surface area contributed by atoms with E-state index in [0.717, 1.165) is 11.8 Å². The van der Waals surface area contributed by atoms with E-state index in [4.69, 9.17) is 27.9 Å². The van der Waals surface area contributed by atoms with Gasteiger partial charge in [0.2, 0.25) is 5.91 Å². The number of thioether (sulfide) groups is 1. The minimum absolute atomic E-state index is 0.0451. The molecule has 38 heavy (non-hydrogen) atoms. The maximum Gasteiger partial charge on any atom is 0.296 e. The summed E-state index contributed by atoms with van der Waals surface area (Å²) in [6.07, 6.45) is 0. The van der Waals surface area contributed by atoms with Crippen molar-refractivity contribution in [2.75, 3.05) is 18.2 Å². The van der Waals surface area contributed by atoms with Crippen LogP contribution in [0.3, 0.4) is 0 Å². The number of hydrogen-bond donors (Lipinski definition) is 2. The summed E-state index contributed by atoms with van der Waals surface area (Å²) < 4.78 is 6.82. The average molecular weight is 581 g/mol. The molecule has 0 fully saturated rings. The molecule has 0 saturated carbocycles. The first-order valence-corrected chi connectivity index (χ1v) is 13.2. The van der Waals surface area contributed by atoms with Gasteiger partial charge in [0.1, 0.15) is 11.4 Å². The Morgan fingerprint density at radius 2 is 1.92 bits per heavy atom. The first kappa shape index (κ1) is 29.2. The Morgan fingerprint density at radius 3 is 2.53 bits per heavy atom. The minimum Gasteiger partial charge on any atom is -0.496 e. The second-order valence-electron chi connectivity index (χ2n) is 8.38. The number of carbonyl (C=O) groups is 2. The standard InChI is InChI=1S/C24H26Cl2N6O5S/c1-5-31-22(21(13(2)3)28-23(34)16-8-6-14(25)10-17(16)26)29-30-24(31)38-12-20(33)27-18-9-7-15(37-4)11-19(18)32(35)36/h6-11,13,21H,5,12H2,1-4H3,(H,27,33)(H,28,34)/t21-/m0/s1. The highest BCUT2D eigenvalue weighted by Gasteiger charge is 2.27. The molecule has 0 aliphatic carbocycles. The summed E-state index contributed by atoms with van der Waals surface area (Å²) in [5.41, 5.74) is 0.0590. The van der Waals surface area contributed by atoms with Crippen molar-refractivity contribution < 1.29 is 19.2 Å². The third-order valence-electron chi connectivity index (χ3n) is 5.48. The molecule has 11 nitrogen and oxygen atoms in total. The summed E-state index contributed by atoms with van der Waals surface area (Å²) >= 11 is 13.3. The van der Waals surface area contributed by atoms with E-state index >= 15 is 0 Å². The molecule has 1 atom stereocenters. The molecule has 2 aromatic carbocycles. The monoisotopic (exact) mass is 580 g/mol. The van der Waals surface area contributed by atoms with Crippen molar-refractivity contribution in [3.63, 3.8) is 0 Å². The van der Waals surface area contributed by atoms with Gasteiger partial charge in [0.25, 0.3) is 11.6 Å². The van der Waals surface area contributed by atoms with Crippen LogP contribution in [-0.2, 0) is 11.3 Å². The summed E-state index contributed by atoms with van der Waals surface area (Å²) in [7, 11) is 1.40. The van der Waals surface area contributed by atoms with Gasteiger partial charge >= 0.3 is 0 Å². The molecule has 0 aliphatic heterocycles. The lowest BCUT2D eigenvalue weighted by Crippen LogP contribution is -2.34. The minimum atomic E-state index is -0.594. The zero-order valence-corrected chi connectivity index (χ0v) is 23.4. The second kappa shape index (κ2) is 12.9. The molecule has 2 amide bonds. The van der Waals surface area contributed by atoms with Crippen LogP contribution < -0.4 is 15.4 Å². The number of nitro groups is 1. The lowest BCUT2D eigenvalue weighted by Gasteiger charge is -2.22. The number of methoxy groups -OCH3 is 1. The molecule has 0 aliphatic rings. The Morgan fingerprint density at radius 1 is 1.18 bits per heavy atom. The number of hydrogen-bond acceptors (Lipinski definition) is 8. The van der Waals surface area contributed by atoms with E-state index in [1.54, 1.807) is 12.1 Å². The Labute approximate surface area is 233 Å². The summed E-state index contributed by atoms with van der Waals surface area (Å²) in [5, 5.41) is 26.6. The van der Waals surface area contributed by atoms with Crippen molar-refractivity contribution in [3.8, 4) is 5.75 Å². The normalized spacial score (nSPS) is 11.8. The van der Waals surface area contributed by atoms with E-state index in [0.29, 0.717) is 28.3 Å². The molecule has 0 saturated heterocycles. The van der Waals surface area contributed by atoms with Crippen LogP contribution in [0.5, 0.6) is 5.75 Å². The first-order valence-electron chi connectivity index (χ1n) is 11.5. The molecule has 14 heteroatoms. The van der Waals surface area contributed by atoms with Crippen molar-refractivity contribution in [2.24, 2.45) is 5.92 Å². The van der Waals surface area contributed by atoms with Crippen LogP contribution in [0.1, 0.15) is 43.0 Å². The van der Waals surface area contributed by atoms with Crippen LogP contribution in [-0.4, -0.2) is 44.4 Å². The quantitative estimate of drug-likeness (QED) is 0.175. The van der Waals surface area contributed by atoms with Crippen molar-refractivity contribution >= 4 is 58.2 Å². The van der Waals surface area contributed by atoms with Crippen molar-refractivity contribution in [1.82, 2.24) is 20.1 Å². The maximum atomic E-state index is 13.0. The number of halogens is 2. The molecular formula is C24H26Cl2N6O5S. The van der Waals surface area contributed by atoms with E-state index in [-0.39, 0.29) is 39.5 Å². The van der Waals surface area contributed by atoms with Crippen molar-refractivity contribution in [3.05, 3.63) is 67.9 Å². The van der Waals surface area contributed by atoms with Gasteiger partial charge in [0.15, 0.2) is 11.0 Å². The zero-order valence-electron chi connectivity index (χ0n) is 21.0. The van der Waals surface area contributed by atoms with Gasteiger partial charge in [-0.15, -0.1) is 10.2 Å². The van der Waals surface area contributed by atoms with Crippen LogP contribution in [0.2, 0.25) is 10.0 Å². The number of carbonyl (C=O) groups excluding carboxylic acids is 2. The van der Waals surface area contributed by atoms with Crippen LogP contribution in [0.25, 0.3) is 0 Å². The topological polar surface area (TPSA) is 141 Å². The van der Waals surface area contributed by atoms with Crippen LogP contribution in [0.15, 0.2) is 41.6 Å². The number of nitrogens with one attached hydrogen (secondary N) is 2. The molecule has 202 valence electrons. The molecule has 0 bridgehead atoms. The lowest BCUT2D eigenvalue weighted by molar-refractivity contribution is -0.384. The predicted octanol–water partition coefficient (Wildman–Crippen LogP) is 5.38. The van der Waals surface area contributed by atoms with Gasteiger partial charge in [-0.2, -0.15) is 0 Å². The number of anilines is 1. The van der Waals surface area contributed by atoms with Crippen molar-refractivity contribution in [1.29, 1.82) is 0 Å². The summed E-state index contributed by atoms with van der Waals surface area (Å²) in [6.45, 7) is 6.25. The maximum absolute atomic E-state index is 13.0. The summed E-state index contributed by atoms with van der Waals surface area (Å²) in [5.74, 6) is -0.128. The zero-order chi connectivity index (χ0) is 28.0. The number of nitrogens with zero attached hydrogens (tertiary/aromatic N) is 4. The van der Waals surface area contributed by atoms with E-state index in [1.807, 2.05) is 25.3 Å². The molecule has 0 unspecified atom stereocenters. The second-order valence-corrected chi connectivity index (χ2v) is 10.2. The average Bonchev–Trinajstić information content (AvgIpc) is 3.28. The highest BCUT2D eigenvalue weighted by molar-refractivity contribution is 7.99. The first-order chi connectivity index (χ1) is 18.0. The number of amides is 2. The van der Waals surface area contributed by atoms with Crippen LogP contribution in [0.4, 0.5) is 11.4 Å². The van der Waals surface area contributed by atoms with Crippen LogP contribution >= 0.6 is 35.0 Å². The van der Waals surface area contributed by atoms with Gasteiger partial charge in [-0.25, -0.2) is 0 Å². The van der Waals surface area contributed by atoms with Gasteiger partial charge in [-0.1, -0.05) is 48.8 Å². The fraction of sp³-hybridized carbons (Fsp3) is 0.333. The number of benzene rings is 2. The number of ether oxygens (including phenoxy) is 1. The third-order valence-corrected chi connectivity index (χ3v) is 6.99. The Bertz CT molecular complexity index is 1350. The summed E-state index contributed by atoms with van der Waals surface area (Å²) in [6, 6.07) is 8.31. The number of nitro benzene ring substituents is 1. The molecule has 0 spiro atoms. The molecule has 3 rings (SSSR count). The molecule has 2 N–H and O–H groups in total. The Balaban J connectivity index is 1.74. The molecule has 3 aromatic rings. The fourth-order valence-electron chi connectivity index (χ4n) is 3.57. The highest BCUT2D eigenvalue weighted by Crippen LogP contribution is 2.30. The van der Waals surface area contributed by atoms with E-state index < -0.39 is 16.9 Å². The van der Waals surface area contributed by atoms with Crippen LogP contribution in [0, 0.1) is 16.0 Å². The molecule has 0 radical (unpaired) electrons. The lowest BCUT2D eigenvalue weighted by atomic mass is 10.0. The van der Waals surface area contributed by atoms with E-state index in [2.05, 4.69) is 20.8 Å². The number of rotatable bonds is 11. The predicted molar refractivity (Wildman–Crippen MR) is 146 cm³/mol. The molecule has 1 aromatic heterocycles. The smallest absolute Gasteiger partial charge is 0.296 e. The highest BCUT2D eigenvalue weighted by atomic mass is 35.5. The van der Waals surface area contributed by atoms with Crippen molar-refractivity contribution in [2.45, 2.75) is 38.5 Å². The SMILES string of the molecule is CCn1c(SCC(=O)Nc2ccc(OC)cc2[N+](=O)[O-])nnc1[C@@H](NC(=O)c1ccc(Cl)cc1Cl)C(C)C. The molecule has 1 heterocycles. The molecular weight excluding hydrogens is 555 g/mol. The van der Waals surface area contributed by atoms with Gasteiger partial charge in [-0.05, 0) is 43.2 Å². The van der Waals surface area contributed by atoms with E-state index in [1.165, 1.54) is 31.4 Å². The van der Waals surface area contributed by atoms with Gasteiger partial charge in [-0.3, -0.25) is 19.7 Å². The Kier molecular flexibility index (Phi) is 9.95. The Hall–Kier alpha value is -3.35. The van der Waals surface area contributed by atoms with Gasteiger partial charge in [0.05, 0.1) is 40.5 Å². The van der Waals surface area contributed by atoms with Gasteiger partial charge in [0, 0.05) is 11.6 Å². The largest absolute Gasteiger partial charge is 0.496 e. The third kappa shape index (κ3) is 6.94.